The minimum absolute atomic E-state index is 0.796. The first kappa shape index (κ1) is 9.58. The van der Waals surface area contributed by atoms with Crippen LogP contribution in [0.5, 0.6) is 0 Å². The summed E-state index contributed by atoms with van der Waals surface area (Å²) in [5, 5.41) is 11.3. The Morgan fingerprint density at radius 3 is 2.73 bits per heavy atom. The van der Waals surface area contributed by atoms with Crippen LogP contribution >= 0.6 is 0 Å². The van der Waals surface area contributed by atoms with Crippen molar-refractivity contribution in [2.75, 3.05) is 11.9 Å². The molecule has 0 saturated carbocycles. The maximum Gasteiger partial charge on any atom is 0.148 e. The summed E-state index contributed by atoms with van der Waals surface area (Å²) in [5.41, 5.74) is 1.82. The normalized spacial score (nSPS) is 9.93. The number of nitrogens with one attached hydrogen (secondary N) is 1. The fourth-order valence-corrected chi connectivity index (χ4v) is 1.28. The van der Waals surface area contributed by atoms with Crippen LogP contribution in [-0.4, -0.2) is 21.7 Å². The highest BCUT2D eigenvalue weighted by Gasteiger charge is 1.99. The van der Waals surface area contributed by atoms with Crippen LogP contribution in [0.15, 0.2) is 36.7 Å². The molecule has 2 aromatic heterocycles. The van der Waals surface area contributed by atoms with E-state index in [2.05, 4.69) is 20.5 Å². The van der Waals surface area contributed by atoms with E-state index in [4.69, 9.17) is 0 Å². The molecule has 0 amide bonds. The lowest BCUT2D eigenvalue weighted by molar-refractivity contribution is 1.02. The average molecular weight is 200 g/mol. The molecule has 76 valence electrons. The molecule has 0 fully saturated rings. The summed E-state index contributed by atoms with van der Waals surface area (Å²) in [6, 6.07) is 7.69. The van der Waals surface area contributed by atoms with E-state index < -0.39 is 0 Å². The number of hydrogen-bond donors (Lipinski definition) is 1. The van der Waals surface area contributed by atoms with Gasteiger partial charge in [0.05, 0.1) is 5.69 Å². The second kappa shape index (κ2) is 4.50. The van der Waals surface area contributed by atoms with Gasteiger partial charge in [0, 0.05) is 24.5 Å². The number of nitrogens with zero attached hydrogens (tertiary/aromatic N) is 3. The van der Waals surface area contributed by atoms with Gasteiger partial charge in [-0.15, -0.1) is 10.2 Å². The molecule has 2 rings (SSSR count). The molecular weight excluding hydrogens is 188 g/mol. The SMILES string of the molecule is CCNc1ccc(-c2cccnc2)nn1. The quantitative estimate of drug-likeness (QED) is 0.823. The topological polar surface area (TPSA) is 50.7 Å². The molecule has 0 atom stereocenters. The van der Waals surface area contributed by atoms with E-state index in [1.165, 1.54) is 0 Å². The van der Waals surface area contributed by atoms with E-state index in [0.717, 1.165) is 23.6 Å². The molecule has 0 radical (unpaired) electrons. The molecule has 0 saturated heterocycles. The second-order valence-electron chi connectivity index (χ2n) is 3.08. The minimum atomic E-state index is 0.796. The summed E-state index contributed by atoms with van der Waals surface area (Å²) in [7, 11) is 0. The van der Waals surface area contributed by atoms with Gasteiger partial charge in [-0.2, -0.15) is 0 Å². The van der Waals surface area contributed by atoms with Crippen molar-refractivity contribution in [2.24, 2.45) is 0 Å². The van der Waals surface area contributed by atoms with Crippen molar-refractivity contribution in [3.05, 3.63) is 36.7 Å². The molecule has 0 spiro atoms. The van der Waals surface area contributed by atoms with Crippen molar-refractivity contribution in [1.29, 1.82) is 0 Å². The molecule has 4 heteroatoms. The van der Waals surface area contributed by atoms with Crippen molar-refractivity contribution >= 4 is 5.82 Å². The van der Waals surface area contributed by atoms with Crippen LogP contribution in [0.2, 0.25) is 0 Å². The van der Waals surface area contributed by atoms with Crippen molar-refractivity contribution in [3.8, 4) is 11.3 Å². The van der Waals surface area contributed by atoms with E-state index in [0.29, 0.717) is 0 Å². The van der Waals surface area contributed by atoms with Crippen LogP contribution in [0.4, 0.5) is 5.82 Å². The number of pyridine rings is 1. The smallest absolute Gasteiger partial charge is 0.148 e. The molecule has 0 unspecified atom stereocenters. The highest BCUT2D eigenvalue weighted by Crippen LogP contribution is 2.14. The Labute approximate surface area is 88.4 Å². The summed E-state index contributed by atoms with van der Waals surface area (Å²) < 4.78 is 0. The lowest BCUT2D eigenvalue weighted by atomic mass is 10.2. The molecule has 0 aliphatic heterocycles. The van der Waals surface area contributed by atoms with Crippen molar-refractivity contribution in [3.63, 3.8) is 0 Å². The van der Waals surface area contributed by atoms with Gasteiger partial charge in [-0.05, 0) is 31.2 Å². The third kappa shape index (κ3) is 2.28. The standard InChI is InChI=1S/C11H12N4/c1-2-13-11-6-5-10(14-15-11)9-4-3-7-12-8-9/h3-8H,2H2,1H3,(H,13,15). The number of anilines is 1. The fraction of sp³-hybridized carbons (Fsp3) is 0.182. The average Bonchev–Trinajstić information content (AvgIpc) is 2.32. The van der Waals surface area contributed by atoms with Crippen LogP contribution in [-0.2, 0) is 0 Å². The van der Waals surface area contributed by atoms with Crippen molar-refractivity contribution in [1.82, 2.24) is 15.2 Å². The Morgan fingerprint density at radius 2 is 2.13 bits per heavy atom. The fourth-order valence-electron chi connectivity index (χ4n) is 1.28. The molecule has 2 aromatic rings. The molecule has 0 bridgehead atoms. The van der Waals surface area contributed by atoms with Gasteiger partial charge in [-0.1, -0.05) is 0 Å². The molecule has 4 nitrogen and oxygen atoms in total. The molecule has 15 heavy (non-hydrogen) atoms. The number of rotatable bonds is 3. The minimum Gasteiger partial charge on any atom is -0.369 e. The van der Waals surface area contributed by atoms with Crippen LogP contribution in [0.3, 0.4) is 0 Å². The van der Waals surface area contributed by atoms with Gasteiger partial charge in [0.2, 0.25) is 0 Å². The largest absolute Gasteiger partial charge is 0.369 e. The molecule has 0 aliphatic rings. The summed E-state index contributed by atoms with van der Waals surface area (Å²) in [6.07, 6.45) is 3.51. The highest BCUT2D eigenvalue weighted by atomic mass is 15.2. The van der Waals surface area contributed by atoms with Gasteiger partial charge in [0.1, 0.15) is 5.82 Å². The first-order valence-electron chi connectivity index (χ1n) is 4.88. The Kier molecular flexibility index (Phi) is 2.88. The zero-order chi connectivity index (χ0) is 10.5. The Morgan fingerprint density at radius 1 is 1.20 bits per heavy atom. The van der Waals surface area contributed by atoms with Gasteiger partial charge in [0.25, 0.3) is 0 Å². The predicted molar refractivity (Wildman–Crippen MR) is 59.4 cm³/mol. The van der Waals surface area contributed by atoms with Gasteiger partial charge < -0.3 is 5.32 Å². The maximum absolute atomic E-state index is 4.12. The van der Waals surface area contributed by atoms with Crippen LogP contribution in [0.25, 0.3) is 11.3 Å². The first-order valence-corrected chi connectivity index (χ1v) is 4.88. The van der Waals surface area contributed by atoms with Gasteiger partial charge >= 0.3 is 0 Å². The molecule has 2 heterocycles. The van der Waals surface area contributed by atoms with E-state index in [1.807, 2.05) is 31.2 Å². The molecule has 0 aliphatic carbocycles. The third-order valence-corrected chi connectivity index (χ3v) is 1.98. The van der Waals surface area contributed by atoms with Gasteiger partial charge in [0.15, 0.2) is 0 Å². The lowest BCUT2D eigenvalue weighted by Crippen LogP contribution is -2.00. The summed E-state index contributed by atoms with van der Waals surface area (Å²) in [4.78, 5) is 4.04. The first-order chi connectivity index (χ1) is 7.40. The molecule has 1 N–H and O–H groups in total. The van der Waals surface area contributed by atoms with E-state index in [9.17, 15) is 0 Å². The summed E-state index contributed by atoms with van der Waals surface area (Å²) in [5.74, 6) is 0.796. The zero-order valence-electron chi connectivity index (χ0n) is 8.51. The maximum atomic E-state index is 4.12. The Hall–Kier alpha value is -1.97. The van der Waals surface area contributed by atoms with E-state index >= 15 is 0 Å². The third-order valence-electron chi connectivity index (χ3n) is 1.98. The summed E-state index contributed by atoms with van der Waals surface area (Å²) >= 11 is 0. The van der Waals surface area contributed by atoms with Crippen molar-refractivity contribution in [2.45, 2.75) is 6.92 Å². The zero-order valence-corrected chi connectivity index (χ0v) is 8.51. The van der Waals surface area contributed by atoms with E-state index in [-0.39, 0.29) is 0 Å². The second-order valence-corrected chi connectivity index (χ2v) is 3.08. The number of hydrogen-bond acceptors (Lipinski definition) is 4. The number of aromatic nitrogens is 3. The lowest BCUT2D eigenvalue weighted by Gasteiger charge is -2.02. The van der Waals surface area contributed by atoms with Crippen LogP contribution < -0.4 is 5.32 Å². The Bertz CT molecular complexity index is 410. The van der Waals surface area contributed by atoms with Crippen LogP contribution in [0.1, 0.15) is 6.92 Å². The molecular formula is C11H12N4. The highest BCUT2D eigenvalue weighted by molar-refractivity contribution is 5.57. The van der Waals surface area contributed by atoms with E-state index in [1.54, 1.807) is 12.4 Å². The van der Waals surface area contributed by atoms with Crippen LogP contribution in [0, 0.1) is 0 Å². The summed E-state index contributed by atoms with van der Waals surface area (Å²) in [6.45, 7) is 2.87. The van der Waals surface area contributed by atoms with Crippen molar-refractivity contribution < 1.29 is 0 Å². The predicted octanol–water partition coefficient (Wildman–Crippen LogP) is 1.97. The van der Waals surface area contributed by atoms with Gasteiger partial charge in [-0.25, -0.2) is 0 Å². The molecule has 0 aromatic carbocycles. The Balaban J connectivity index is 2.24. The monoisotopic (exact) mass is 200 g/mol. The van der Waals surface area contributed by atoms with Gasteiger partial charge in [-0.3, -0.25) is 4.98 Å².